The van der Waals surface area contributed by atoms with Crippen molar-refractivity contribution in [3.63, 3.8) is 0 Å². The third-order valence-electron chi connectivity index (χ3n) is 12.4. The Morgan fingerprint density at radius 1 is 0.750 bits per heavy atom. The number of amides is 7. The Morgan fingerprint density at radius 2 is 1.35 bits per heavy atom. The summed E-state index contributed by atoms with van der Waals surface area (Å²) in [5.74, 6) is -7.42. The summed E-state index contributed by atoms with van der Waals surface area (Å²) in [6.07, 6.45) is 4.09. The van der Waals surface area contributed by atoms with Crippen molar-refractivity contribution >= 4 is 53.3 Å². The number of aromatic nitrogens is 2. The lowest BCUT2D eigenvalue weighted by atomic mass is 9.96. The number of benzene rings is 2. The summed E-state index contributed by atoms with van der Waals surface area (Å²) in [6, 6.07) is 5.14. The summed E-state index contributed by atoms with van der Waals surface area (Å²) in [6.45, 7) is 8.62. The van der Waals surface area contributed by atoms with E-state index in [1.165, 1.54) is 36.5 Å². The summed E-state index contributed by atoms with van der Waals surface area (Å²) in [4.78, 5) is 122. The van der Waals surface area contributed by atoms with E-state index >= 15 is 0 Å². The first-order valence-electron chi connectivity index (χ1n) is 24.1. The zero-order valence-corrected chi connectivity index (χ0v) is 41.4. The van der Waals surface area contributed by atoms with E-state index in [2.05, 4.69) is 46.9 Å². The molecule has 1 aliphatic rings. The number of phenols is 1. The van der Waals surface area contributed by atoms with Crippen molar-refractivity contribution in [2.75, 3.05) is 13.1 Å². The average molecular weight is 1000 g/mol. The summed E-state index contributed by atoms with van der Waals surface area (Å²) >= 11 is 0. The summed E-state index contributed by atoms with van der Waals surface area (Å²) in [5, 5.41) is 36.3. The van der Waals surface area contributed by atoms with E-state index in [-0.39, 0.29) is 63.3 Å². The highest BCUT2D eigenvalue weighted by molar-refractivity contribution is 5.98. The fourth-order valence-corrected chi connectivity index (χ4v) is 8.06. The van der Waals surface area contributed by atoms with E-state index in [4.69, 9.17) is 17.2 Å². The maximum absolute atomic E-state index is 14.5. The smallest absolute Gasteiger partial charge is 0.326 e. The highest BCUT2D eigenvalue weighted by Crippen LogP contribution is 2.21. The van der Waals surface area contributed by atoms with Gasteiger partial charge in [0.1, 0.15) is 48.0 Å². The molecule has 0 bridgehead atoms. The number of rotatable bonds is 27. The number of carbonyl (C=O) groups excluding carboxylic acids is 7. The monoisotopic (exact) mass is 1000 g/mol. The fourth-order valence-electron chi connectivity index (χ4n) is 8.06. The minimum Gasteiger partial charge on any atom is -0.508 e. The number of nitrogens with zero attached hydrogens (tertiary/aromatic N) is 3. The number of phenolic OH excluding ortho intramolecular Hbond substituents is 1. The van der Waals surface area contributed by atoms with Crippen molar-refractivity contribution in [1.82, 2.24) is 46.8 Å². The number of nitrogens with one attached hydrogen (secondary N) is 7. The zero-order valence-electron chi connectivity index (χ0n) is 41.4. The van der Waals surface area contributed by atoms with Crippen LogP contribution in [0.2, 0.25) is 0 Å². The van der Waals surface area contributed by atoms with Crippen LogP contribution in [-0.2, 0) is 57.6 Å². The van der Waals surface area contributed by atoms with Crippen LogP contribution in [0.15, 0.2) is 72.1 Å². The number of H-pyrrole nitrogens is 1. The van der Waals surface area contributed by atoms with Gasteiger partial charge >= 0.3 is 5.97 Å². The third-order valence-corrected chi connectivity index (χ3v) is 12.4. The molecule has 1 aliphatic heterocycles. The number of hydrogen-bond donors (Lipinski definition) is 12. The molecule has 0 radical (unpaired) electrons. The number of imidazole rings is 1. The summed E-state index contributed by atoms with van der Waals surface area (Å²) < 4.78 is 0. The molecule has 0 saturated carbocycles. The van der Waals surface area contributed by atoms with E-state index < -0.39 is 107 Å². The van der Waals surface area contributed by atoms with Gasteiger partial charge in [-0.3, -0.25) is 38.6 Å². The first-order valence-corrected chi connectivity index (χ1v) is 24.1. The Labute approximate surface area is 418 Å². The topological polar surface area (TPSA) is 372 Å². The molecule has 3 aromatic rings. The van der Waals surface area contributed by atoms with Crippen LogP contribution < -0.4 is 49.1 Å². The number of guanidine groups is 1. The lowest BCUT2D eigenvalue weighted by molar-refractivity contribution is -0.145. The number of carboxylic acids is 1. The molecule has 1 fully saturated rings. The van der Waals surface area contributed by atoms with E-state index in [0.717, 1.165) is 0 Å². The molecule has 2 heterocycles. The summed E-state index contributed by atoms with van der Waals surface area (Å²) in [7, 11) is 0. The van der Waals surface area contributed by atoms with Crippen LogP contribution in [-0.4, -0.2) is 140 Å². The molecule has 1 saturated heterocycles. The van der Waals surface area contributed by atoms with Gasteiger partial charge in [0.25, 0.3) is 0 Å². The molecule has 7 amide bonds. The van der Waals surface area contributed by atoms with Crippen molar-refractivity contribution < 1.29 is 48.6 Å². The van der Waals surface area contributed by atoms with Crippen LogP contribution in [0.5, 0.6) is 5.75 Å². The molecule has 1 aromatic heterocycles. The van der Waals surface area contributed by atoms with Crippen LogP contribution >= 0.6 is 0 Å². The minimum absolute atomic E-state index is 0.0121. The van der Waals surface area contributed by atoms with Gasteiger partial charge in [0.05, 0.1) is 12.4 Å². The van der Waals surface area contributed by atoms with Gasteiger partial charge < -0.3 is 69.2 Å². The number of aliphatic carboxylic acids is 1. The predicted molar refractivity (Wildman–Crippen MR) is 266 cm³/mol. The van der Waals surface area contributed by atoms with Gasteiger partial charge in [0, 0.05) is 44.2 Å². The van der Waals surface area contributed by atoms with Gasteiger partial charge in [-0.2, -0.15) is 0 Å². The molecule has 0 unspecified atom stereocenters. The summed E-state index contributed by atoms with van der Waals surface area (Å²) in [5.41, 5.74) is 18.3. The second kappa shape index (κ2) is 27.7. The second-order valence-corrected chi connectivity index (χ2v) is 18.5. The Bertz CT molecular complexity index is 2330. The van der Waals surface area contributed by atoms with Gasteiger partial charge in [0.2, 0.25) is 41.4 Å². The average Bonchev–Trinajstić information content (AvgIpc) is 4.06. The largest absolute Gasteiger partial charge is 0.508 e. The Hall–Kier alpha value is -7.56. The van der Waals surface area contributed by atoms with Crippen LogP contribution in [0.4, 0.5) is 0 Å². The molecule has 23 nitrogen and oxygen atoms in total. The number of likely N-dealkylation sites (tertiary alicyclic amines) is 1. The maximum atomic E-state index is 14.5. The zero-order chi connectivity index (χ0) is 53.1. The van der Waals surface area contributed by atoms with Crippen molar-refractivity contribution in [1.29, 1.82) is 0 Å². The van der Waals surface area contributed by atoms with Gasteiger partial charge in [-0.15, -0.1) is 0 Å². The molecule has 9 atom stereocenters. The quantitative estimate of drug-likeness (QED) is 0.0254. The van der Waals surface area contributed by atoms with Gasteiger partial charge in [-0.05, 0) is 67.7 Å². The highest BCUT2D eigenvalue weighted by atomic mass is 16.4. The van der Waals surface area contributed by atoms with E-state index in [1.54, 1.807) is 70.2 Å². The maximum Gasteiger partial charge on any atom is 0.326 e. The Balaban J connectivity index is 1.58. The molecular formula is C49H71N13O10. The van der Waals surface area contributed by atoms with Crippen LogP contribution in [0.3, 0.4) is 0 Å². The standard InChI is InChI=1S/C49H71N13O10/c1-6-28(4)40(46(69)58-36(24-32-25-53-26-55-32)47(70)62-21-11-15-38(62)44(67)59-37(48(71)72)23-30-12-8-7-9-13-30)61-43(66)35(22-31-16-18-33(63)19-17-31)57-45(68)39(27(2)3)60-42(65)34(56-41(64)29(5)50)14-10-20-54-49(51)52/h7-9,12-13,16-19,25-29,34-40,63H,6,10-11,14-15,20-24,50H2,1-5H3,(H,53,55)(H,56,64)(H,57,68)(H,58,69)(H,59,67)(H,60,65)(H,61,66)(H,71,72)(H4,51,52,54)/t28-,29-,34-,35-,36-,37-,38-,39-,40-/m0/s1. The molecule has 23 heteroatoms. The lowest BCUT2D eigenvalue weighted by Gasteiger charge is -2.32. The number of nitrogens with two attached hydrogens (primary N) is 3. The lowest BCUT2D eigenvalue weighted by Crippen LogP contribution is -2.62. The van der Waals surface area contributed by atoms with Crippen molar-refractivity contribution in [3.8, 4) is 5.75 Å². The minimum atomic E-state index is -1.37. The first-order chi connectivity index (χ1) is 34.2. The van der Waals surface area contributed by atoms with Crippen LogP contribution in [0.1, 0.15) is 83.5 Å². The normalized spacial score (nSPS) is 16.6. The molecule has 4 rings (SSSR count). The van der Waals surface area contributed by atoms with Gasteiger partial charge in [-0.25, -0.2) is 9.78 Å². The Kier molecular flexibility index (Phi) is 22.0. The third kappa shape index (κ3) is 17.4. The molecule has 0 spiro atoms. The molecule has 392 valence electrons. The van der Waals surface area contributed by atoms with Crippen molar-refractivity contribution in [2.45, 2.75) is 134 Å². The highest BCUT2D eigenvalue weighted by Gasteiger charge is 2.41. The molecule has 15 N–H and O–H groups in total. The van der Waals surface area contributed by atoms with Crippen molar-refractivity contribution in [2.24, 2.45) is 34.0 Å². The van der Waals surface area contributed by atoms with Crippen molar-refractivity contribution in [3.05, 3.63) is 83.9 Å². The number of carboxylic acid groups (broad SMARTS) is 1. The Morgan fingerprint density at radius 3 is 1.94 bits per heavy atom. The SMILES string of the molecule is CC[C@H](C)[C@H](NC(=O)[C@H](Cc1ccc(O)cc1)NC(=O)[C@@H](NC(=O)[C@H](CCCN=C(N)N)NC(=O)[C@H](C)N)C(C)C)C(=O)N[C@@H](Cc1cnc[nH]1)C(=O)N1CCC[C@H]1C(=O)N[C@@H](Cc1ccccc1)C(=O)O. The van der Waals surface area contributed by atoms with Gasteiger partial charge in [0.15, 0.2) is 5.96 Å². The molecule has 72 heavy (non-hydrogen) atoms. The fraction of sp³-hybridized carbons (Fsp3) is 0.510. The molecule has 2 aromatic carbocycles. The molecular weight excluding hydrogens is 931 g/mol. The molecule has 0 aliphatic carbocycles. The van der Waals surface area contributed by atoms with E-state index in [1.807, 2.05) is 0 Å². The predicted octanol–water partition coefficient (Wildman–Crippen LogP) is -0.770. The second-order valence-electron chi connectivity index (χ2n) is 18.5. The number of aromatic hydroxyl groups is 1. The van der Waals surface area contributed by atoms with E-state index in [0.29, 0.717) is 29.7 Å². The number of aromatic amines is 1. The number of aliphatic imine (C=N–C) groups is 1. The van der Waals surface area contributed by atoms with Crippen LogP contribution in [0, 0.1) is 11.8 Å². The van der Waals surface area contributed by atoms with Gasteiger partial charge in [-0.1, -0.05) is 76.6 Å². The van der Waals surface area contributed by atoms with E-state index in [9.17, 15) is 48.6 Å². The van der Waals surface area contributed by atoms with Crippen LogP contribution in [0.25, 0.3) is 0 Å². The number of hydrogen-bond acceptors (Lipinski definition) is 12. The number of carbonyl (C=O) groups is 8. The first kappa shape index (κ1) is 57.0.